The van der Waals surface area contributed by atoms with Gasteiger partial charge in [-0.05, 0) is 19.3 Å². The fraction of sp³-hybridized carbons (Fsp3) is 0.765. The molecule has 0 aliphatic rings. The standard InChI is InChI=1S/C17H31N3O9/c1-26-16(24)14(17(25)27-2)20-12(15(22)23)5-3-4-7-19-13(21)11-29-10-9-28-8-6-18/h12,14,20H,3-11,18H2,1-2H3,(H,19,21)(H,22,23). The van der Waals surface area contributed by atoms with Gasteiger partial charge in [0, 0.05) is 13.1 Å². The molecule has 0 aromatic heterocycles. The van der Waals surface area contributed by atoms with Crippen LogP contribution in [-0.4, -0.2) is 94.7 Å². The smallest absolute Gasteiger partial charge is 0.334 e. The number of nitrogens with two attached hydrogens (primary N) is 1. The summed E-state index contributed by atoms with van der Waals surface area (Å²) in [6.07, 6.45) is 1.05. The third-order valence-electron chi connectivity index (χ3n) is 3.65. The van der Waals surface area contributed by atoms with Gasteiger partial charge in [-0.3, -0.25) is 14.9 Å². The van der Waals surface area contributed by atoms with E-state index in [0.717, 1.165) is 14.2 Å². The second-order valence-electron chi connectivity index (χ2n) is 5.84. The molecule has 0 saturated heterocycles. The molecule has 0 radical (unpaired) electrons. The highest BCUT2D eigenvalue weighted by molar-refractivity contribution is 5.99. The molecule has 0 heterocycles. The van der Waals surface area contributed by atoms with Gasteiger partial charge in [0.05, 0.1) is 34.0 Å². The van der Waals surface area contributed by atoms with E-state index >= 15 is 0 Å². The molecule has 0 fully saturated rings. The summed E-state index contributed by atoms with van der Waals surface area (Å²) in [5.74, 6) is -3.40. The number of aliphatic carboxylic acids is 1. The highest BCUT2D eigenvalue weighted by atomic mass is 16.5. The van der Waals surface area contributed by atoms with Crippen molar-refractivity contribution >= 4 is 23.8 Å². The van der Waals surface area contributed by atoms with Crippen LogP contribution in [0.4, 0.5) is 0 Å². The molecule has 29 heavy (non-hydrogen) atoms. The van der Waals surface area contributed by atoms with Gasteiger partial charge in [-0.2, -0.15) is 0 Å². The third-order valence-corrected chi connectivity index (χ3v) is 3.65. The zero-order valence-corrected chi connectivity index (χ0v) is 16.8. The lowest BCUT2D eigenvalue weighted by Crippen LogP contribution is -2.52. The summed E-state index contributed by atoms with van der Waals surface area (Å²) in [5, 5.41) is 14.4. The second-order valence-corrected chi connectivity index (χ2v) is 5.84. The quantitative estimate of drug-likeness (QED) is 0.116. The largest absolute Gasteiger partial charge is 0.480 e. The minimum absolute atomic E-state index is 0.106. The molecule has 0 aliphatic heterocycles. The van der Waals surface area contributed by atoms with Crippen LogP contribution in [0.1, 0.15) is 19.3 Å². The summed E-state index contributed by atoms with van der Waals surface area (Å²) in [7, 11) is 2.16. The Morgan fingerprint density at radius 1 is 0.966 bits per heavy atom. The molecule has 0 bridgehead atoms. The van der Waals surface area contributed by atoms with Gasteiger partial charge in [-0.15, -0.1) is 0 Å². The fourth-order valence-corrected chi connectivity index (χ4v) is 2.17. The number of nitrogens with one attached hydrogen (secondary N) is 2. The number of ether oxygens (including phenoxy) is 4. The molecule has 0 saturated carbocycles. The van der Waals surface area contributed by atoms with E-state index in [9.17, 15) is 24.3 Å². The van der Waals surface area contributed by atoms with Crippen molar-refractivity contribution in [1.82, 2.24) is 10.6 Å². The van der Waals surface area contributed by atoms with Gasteiger partial charge >= 0.3 is 17.9 Å². The zero-order chi connectivity index (χ0) is 22.1. The topological polar surface area (TPSA) is 176 Å². The minimum atomic E-state index is -1.53. The number of esters is 2. The van der Waals surface area contributed by atoms with Crippen LogP contribution in [0.2, 0.25) is 0 Å². The van der Waals surface area contributed by atoms with Gasteiger partial charge < -0.3 is 35.1 Å². The summed E-state index contributed by atoms with van der Waals surface area (Å²) < 4.78 is 19.2. The molecule has 1 amide bonds. The van der Waals surface area contributed by atoms with Crippen LogP contribution < -0.4 is 16.4 Å². The van der Waals surface area contributed by atoms with Crippen LogP contribution in [-0.2, 0) is 38.1 Å². The third kappa shape index (κ3) is 12.7. The average molecular weight is 421 g/mol. The number of hydrogen-bond acceptors (Lipinski definition) is 10. The first-order valence-electron chi connectivity index (χ1n) is 9.14. The summed E-state index contributed by atoms with van der Waals surface area (Å²) in [6.45, 7) is 1.71. The molecular formula is C17H31N3O9. The normalized spacial score (nSPS) is 11.7. The predicted octanol–water partition coefficient (Wildman–Crippen LogP) is -1.98. The molecule has 12 heteroatoms. The van der Waals surface area contributed by atoms with E-state index < -0.39 is 30.0 Å². The number of carboxylic acids is 1. The van der Waals surface area contributed by atoms with E-state index in [4.69, 9.17) is 15.2 Å². The van der Waals surface area contributed by atoms with Crippen molar-refractivity contribution in [3.05, 3.63) is 0 Å². The number of carbonyl (C=O) groups is 4. The maximum absolute atomic E-state index is 11.6. The highest BCUT2D eigenvalue weighted by Gasteiger charge is 2.33. The number of hydrogen-bond donors (Lipinski definition) is 4. The molecule has 1 unspecified atom stereocenters. The highest BCUT2D eigenvalue weighted by Crippen LogP contribution is 2.04. The van der Waals surface area contributed by atoms with Crippen molar-refractivity contribution in [3.8, 4) is 0 Å². The van der Waals surface area contributed by atoms with E-state index in [-0.39, 0.29) is 25.5 Å². The monoisotopic (exact) mass is 421 g/mol. The van der Waals surface area contributed by atoms with Crippen LogP contribution >= 0.6 is 0 Å². The van der Waals surface area contributed by atoms with Crippen LogP contribution in [0, 0.1) is 0 Å². The number of carbonyl (C=O) groups excluding carboxylic acids is 3. The van der Waals surface area contributed by atoms with Crippen LogP contribution in [0.3, 0.4) is 0 Å². The van der Waals surface area contributed by atoms with E-state index in [1.54, 1.807) is 0 Å². The Labute approximate surface area is 169 Å². The molecule has 168 valence electrons. The number of carboxylic acid groups (broad SMARTS) is 1. The molecule has 0 aromatic carbocycles. The number of methoxy groups -OCH3 is 2. The first-order chi connectivity index (χ1) is 13.9. The molecule has 0 aliphatic carbocycles. The van der Waals surface area contributed by atoms with E-state index in [2.05, 4.69) is 20.1 Å². The van der Waals surface area contributed by atoms with Crippen molar-refractivity contribution in [3.63, 3.8) is 0 Å². The van der Waals surface area contributed by atoms with Gasteiger partial charge in [0.25, 0.3) is 0 Å². The first-order valence-corrected chi connectivity index (χ1v) is 9.14. The van der Waals surface area contributed by atoms with Crippen molar-refractivity contribution < 1.29 is 43.2 Å². The van der Waals surface area contributed by atoms with Crippen LogP contribution in [0.25, 0.3) is 0 Å². The van der Waals surface area contributed by atoms with E-state index in [1.807, 2.05) is 0 Å². The van der Waals surface area contributed by atoms with Crippen molar-refractivity contribution in [2.45, 2.75) is 31.3 Å². The lowest BCUT2D eigenvalue weighted by atomic mass is 10.1. The van der Waals surface area contributed by atoms with Crippen molar-refractivity contribution in [2.75, 3.05) is 53.7 Å². The van der Waals surface area contributed by atoms with Crippen molar-refractivity contribution in [2.24, 2.45) is 5.73 Å². The van der Waals surface area contributed by atoms with Gasteiger partial charge in [0.1, 0.15) is 12.6 Å². The lowest BCUT2D eigenvalue weighted by Gasteiger charge is -2.19. The van der Waals surface area contributed by atoms with Gasteiger partial charge in [-0.25, -0.2) is 9.59 Å². The Bertz CT molecular complexity index is 500. The number of unbranched alkanes of at least 4 members (excludes halogenated alkanes) is 1. The van der Waals surface area contributed by atoms with E-state index in [1.165, 1.54) is 0 Å². The van der Waals surface area contributed by atoms with Crippen LogP contribution in [0.15, 0.2) is 0 Å². The summed E-state index contributed by atoms with van der Waals surface area (Å²) >= 11 is 0. The summed E-state index contributed by atoms with van der Waals surface area (Å²) in [5.41, 5.74) is 5.26. The Morgan fingerprint density at radius 2 is 1.59 bits per heavy atom. The Kier molecular flexibility index (Phi) is 15.3. The average Bonchev–Trinajstić information content (AvgIpc) is 2.71. The Morgan fingerprint density at radius 3 is 2.14 bits per heavy atom. The second kappa shape index (κ2) is 16.7. The molecule has 1 atom stereocenters. The number of amides is 1. The summed E-state index contributed by atoms with van der Waals surface area (Å²) in [4.78, 5) is 46.2. The van der Waals surface area contributed by atoms with Crippen LogP contribution in [0.5, 0.6) is 0 Å². The van der Waals surface area contributed by atoms with E-state index in [0.29, 0.717) is 39.1 Å². The van der Waals surface area contributed by atoms with Gasteiger partial charge in [0.2, 0.25) is 11.9 Å². The maximum Gasteiger partial charge on any atom is 0.334 e. The van der Waals surface area contributed by atoms with Gasteiger partial charge in [-0.1, -0.05) is 0 Å². The predicted molar refractivity (Wildman–Crippen MR) is 99.9 cm³/mol. The first kappa shape index (κ1) is 26.7. The SMILES string of the molecule is COC(=O)C(NC(CCCCNC(=O)COCCOCCN)C(=O)O)C(=O)OC. The Balaban J connectivity index is 4.13. The Hall–Kier alpha value is -2.28. The molecule has 0 rings (SSSR count). The molecule has 12 nitrogen and oxygen atoms in total. The summed E-state index contributed by atoms with van der Waals surface area (Å²) in [6, 6.07) is -2.69. The molecule has 0 aromatic rings. The molecule has 5 N–H and O–H groups in total. The van der Waals surface area contributed by atoms with Crippen molar-refractivity contribution in [1.29, 1.82) is 0 Å². The minimum Gasteiger partial charge on any atom is -0.480 e. The maximum atomic E-state index is 11.6. The molecular weight excluding hydrogens is 390 g/mol. The fourth-order valence-electron chi connectivity index (χ4n) is 2.17. The number of rotatable bonds is 17. The lowest BCUT2D eigenvalue weighted by molar-refractivity contribution is -0.156. The zero-order valence-electron chi connectivity index (χ0n) is 16.8. The molecule has 0 spiro atoms. The van der Waals surface area contributed by atoms with Gasteiger partial charge in [0.15, 0.2) is 0 Å².